The number of anilines is 3. The van der Waals surface area contributed by atoms with Crippen molar-refractivity contribution < 1.29 is 4.52 Å². The maximum atomic E-state index is 6.54. The Kier molecular flexibility index (Phi) is 6.82. The molecule has 1 aliphatic heterocycles. The minimum atomic E-state index is 0.606. The Morgan fingerprint density at radius 1 is 1.03 bits per heavy atom. The molecule has 10 nitrogen and oxygen atoms in total. The standard InChI is InChI=1S/C24H28N6O.C3H5N3/c1-16-22(17(2)31-27-16)19-13-20(25)23-21(14-19)30(15-18-7-5-4-6-8-18)24(26-23)29-11-9-28(3)10-12-29;4-3-1-5-2-6-3/h4-8,13-14H,9-12,15,25H2,1-3H3;1-2H,4H2,(H,5,6). The number of H-pyrrole nitrogens is 1. The first-order valence-electron chi connectivity index (χ1n) is 12.3. The number of nitrogens with one attached hydrogen (secondary N) is 1. The smallest absolute Gasteiger partial charge is 0.207 e. The monoisotopic (exact) mass is 499 g/mol. The summed E-state index contributed by atoms with van der Waals surface area (Å²) in [6, 6.07) is 14.7. The molecular formula is C27H33N9O. The first-order valence-corrected chi connectivity index (χ1v) is 12.3. The number of fused-ring (bicyclic) bond motifs is 1. The van der Waals surface area contributed by atoms with Gasteiger partial charge in [-0.1, -0.05) is 35.5 Å². The summed E-state index contributed by atoms with van der Waals surface area (Å²) in [6.45, 7) is 8.58. The van der Waals surface area contributed by atoms with E-state index in [4.69, 9.17) is 21.0 Å². The van der Waals surface area contributed by atoms with Crippen LogP contribution >= 0.6 is 0 Å². The number of aryl methyl sites for hydroxylation is 2. The van der Waals surface area contributed by atoms with E-state index >= 15 is 0 Å². The number of likely N-dealkylation sites (N-methyl/N-ethyl adjacent to an activating group) is 1. The molecule has 4 heterocycles. The van der Waals surface area contributed by atoms with Crippen molar-refractivity contribution in [2.45, 2.75) is 20.4 Å². The molecule has 37 heavy (non-hydrogen) atoms. The predicted molar refractivity (Wildman–Crippen MR) is 147 cm³/mol. The van der Waals surface area contributed by atoms with Crippen molar-refractivity contribution >= 4 is 28.5 Å². The Balaban J connectivity index is 0.000000412. The fourth-order valence-electron chi connectivity index (χ4n) is 4.71. The normalized spacial score (nSPS) is 14.1. The van der Waals surface area contributed by atoms with Crippen LogP contribution in [0.2, 0.25) is 0 Å². The van der Waals surface area contributed by atoms with E-state index in [9.17, 15) is 0 Å². The van der Waals surface area contributed by atoms with Gasteiger partial charge in [-0.05, 0) is 44.2 Å². The number of aromatic nitrogens is 5. The van der Waals surface area contributed by atoms with Gasteiger partial charge in [0, 0.05) is 31.7 Å². The maximum absolute atomic E-state index is 6.54. The van der Waals surface area contributed by atoms with Gasteiger partial charge in [0.25, 0.3) is 0 Å². The van der Waals surface area contributed by atoms with Crippen molar-refractivity contribution in [3.05, 3.63) is 72.0 Å². The van der Waals surface area contributed by atoms with Gasteiger partial charge in [0.05, 0.1) is 36.0 Å². The third-order valence-electron chi connectivity index (χ3n) is 6.67. The van der Waals surface area contributed by atoms with Crippen molar-refractivity contribution in [2.24, 2.45) is 0 Å². The number of nitrogens with two attached hydrogens (primary N) is 2. The highest BCUT2D eigenvalue weighted by Crippen LogP contribution is 2.35. The molecule has 3 aromatic heterocycles. The van der Waals surface area contributed by atoms with Crippen LogP contribution in [0.4, 0.5) is 17.5 Å². The lowest BCUT2D eigenvalue weighted by Gasteiger charge is -2.33. The molecule has 0 amide bonds. The zero-order valence-corrected chi connectivity index (χ0v) is 21.5. The van der Waals surface area contributed by atoms with Crippen LogP contribution in [0.3, 0.4) is 0 Å². The van der Waals surface area contributed by atoms with Crippen molar-refractivity contribution in [3.8, 4) is 11.1 Å². The fourth-order valence-corrected chi connectivity index (χ4v) is 4.71. The quantitative estimate of drug-likeness (QED) is 0.319. The van der Waals surface area contributed by atoms with E-state index in [0.29, 0.717) is 11.5 Å². The van der Waals surface area contributed by atoms with Crippen LogP contribution in [0.1, 0.15) is 17.0 Å². The van der Waals surface area contributed by atoms with E-state index in [1.54, 1.807) is 6.20 Å². The predicted octanol–water partition coefficient (Wildman–Crippen LogP) is 3.68. The number of piperazine rings is 1. The Morgan fingerprint density at radius 3 is 2.38 bits per heavy atom. The highest BCUT2D eigenvalue weighted by molar-refractivity contribution is 5.94. The average Bonchev–Trinajstić information content (AvgIpc) is 3.60. The summed E-state index contributed by atoms with van der Waals surface area (Å²) in [7, 11) is 2.16. The number of rotatable bonds is 4. The summed E-state index contributed by atoms with van der Waals surface area (Å²) in [5.74, 6) is 2.38. The van der Waals surface area contributed by atoms with E-state index < -0.39 is 0 Å². The summed E-state index contributed by atoms with van der Waals surface area (Å²) < 4.78 is 7.71. The maximum Gasteiger partial charge on any atom is 0.207 e. The summed E-state index contributed by atoms with van der Waals surface area (Å²) in [5, 5.41) is 4.13. The molecule has 0 bridgehead atoms. The molecule has 0 atom stereocenters. The summed E-state index contributed by atoms with van der Waals surface area (Å²) >= 11 is 0. The van der Waals surface area contributed by atoms with Gasteiger partial charge in [-0.25, -0.2) is 9.97 Å². The highest BCUT2D eigenvalue weighted by Gasteiger charge is 2.23. The van der Waals surface area contributed by atoms with E-state index in [1.807, 2.05) is 26.0 Å². The van der Waals surface area contributed by atoms with Gasteiger partial charge >= 0.3 is 0 Å². The van der Waals surface area contributed by atoms with Crippen LogP contribution < -0.4 is 16.4 Å². The molecule has 5 aromatic rings. The summed E-state index contributed by atoms with van der Waals surface area (Å²) in [6.07, 6.45) is 3.09. The second-order valence-corrected chi connectivity index (χ2v) is 9.41. The SMILES string of the molecule is Cc1noc(C)c1-c1cc(N)c2nc(N3CCN(C)CC3)n(Cc3ccccc3)c2c1.Nc1cnc[nH]1. The lowest BCUT2D eigenvalue weighted by atomic mass is 10.0. The van der Waals surface area contributed by atoms with Crippen LogP contribution in [0.15, 0.2) is 59.5 Å². The molecule has 192 valence electrons. The van der Waals surface area contributed by atoms with Gasteiger partial charge in [-0.2, -0.15) is 0 Å². The summed E-state index contributed by atoms with van der Waals surface area (Å²) in [4.78, 5) is 16.1. The summed E-state index contributed by atoms with van der Waals surface area (Å²) in [5.41, 5.74) is 18.4. The van der Waals surface area contributed by atoms with Gasteiger partial charge in [0.1, 0.15) is 17.1 Å². The van der Waals surface area contributed by atoms with Crippen LogP contribution in [-0.2, 0) is 6.54 Å². The lowest BCUT2D eigenvalue weighted by molar-refractivity contribution is 0.310. The number of aromatic amines is 1. The highest BCUT2D eigenvalue weighted by atomic mass is 16.5. The molecule has 1 aliphatic rings. The Hall–Kier alpha value is -4.31. The molecule has 5 N–H and O–H groups in total. The minimum Gasteiger partial charge on any atom is -0.397 e. The number of nitrogen functional groups attached to an aromatic ring is 2. The molecular weight excluding hydrogens is 466 g/mol. The van der Waals surface area contributed by atoms with Crippen molar-refractivity contribution in [3.63, 3.8) is 0 Å². The van der Waals surface area contributed by atoms with Crippen molar-refractivity contribution in [2.75, 3.05) is 49.6 Å². The minimum absolute atomic E-state index is 0.606. The van der Waals surface area contributed by atoms with Crippen molar-refractivity contribution in [1.29, 1.82) is 0 Å². The van der Waals surface area contributed by atoms with Crippen LogP contribution in [-0.4, -0.2) is 62.8 Å². The zero-order chi connectivity index (χ0) is 25.9. The zero-order valence-electron chi connectivity index (χ0n) is 21.5. The third kappa shape index (κ3) is 5.14. The lowest BCUT2D eigenvalue weighted by Crippen LogP contribution is -2.45. The fraction of sp³-hybridized carbons (Fsp3) is 0.296. The van der Waals surface area contributed by atoms with Gasteiger partial charge in [-0.15, -0.1) is 0 Å². The Morgan fingerprint density at radius 2 is 1.78 bits per heavy atom. The molecule has 0 aliphatic carbocycles. The van der Waals surface area contributed by atoms with Gasteiger partial charge < -0.3 is 35.3 Å². The van der Waals surface area contributed by atoms with Crippen molar-refractivity contribution in [1.82, 2.24) is 29.6 Å². The molecule has 0 radical (unpaired) electrons. The molecule has 2 aromatic carbocycles. The molecule has 0 spiro atoms. The average molecular weight is 500 g/mol. The first kappa shape index (κ1) is 24.4. The molecule has 1 fully saturated rings. The molecule has 0 unspecified atom stereocenters. The third-order valence-corrected chi connectivity index (χ3v) is 6.67. The van der Waals surface area contributed by atoms with Gasteiger partial charge in [0.2, 0.25) is 5.95 Å². The number of imidazole rings is 2. The van der Waals surface area contributed by atoms with Crippen LogP contribution in [0.25, 0.3) is 22.2 Å². The van der Waals surface area contributed by atoms with E-state index in [0.717, 1.165) is 72.3 Å². The Labute approximate surface area is 215 Å². The number of benzene rings is 2. The van der Waals surface area contributed by atoms with E-state index in [1.165, 1.54) is 11.9 Å². The number of hydrogen-bond donors (Lipinski definition) is 3. The molecule has 1 saturated heterocycles. The van der Waals surface area contributed by atoms with E-state index in [-0.39, 0.29) is 0 Å². The second-order valence-electron chi connectivity index (χ2n) is 9.41. The first-order chi connectivity index (χ1) is 17.9. The number of nitrogens with zero attached hydrogens (tertiary/aromatic N) is 6. The van der Waals surface area contributed by atoms with Crippen LogP contribution in [0.5, 0.6) is 0 Å². The van der Waals surface area contributed by atoms with Crippen LogP contribution in [0, 0.1) is 13.8 Å². The second kappa shape index (κ2) is 10.4. The Bertz CT molecular complexity index is 1440. The largest absolute Gasteiger partial charge is 0.397 e. The van der Waals surface area contributed by atoms with Gasteiger partial charge in [-0.3, -0.25) is 0 Å². The van der Waals surface area contributed by atoms with E-state index in [2.05, 4.69) is 66.9 Å². The topological polar surface area (TPSA) is 131 Å². The van der Waals surface area contributed by atoms with Gasteiger partial charge in [0.15, 0.2) is 0 Å². The molecule has 6 rings (SSSR count). The molecule has 0 saturated carbocycles. The molecule has 10 heteroatoms. The number of hydrogen-bond acceptors (Lipinski definition) is 8.